The van der Waals surface area contributed by atoms with Gasteiger partial charge in [0, 0.05) is 6.61 Å². The lowest BCUT2D eigenvalue weighted by Crippen LogP contribution is -2.61. The van der Waals surface area contributed by atoms with Crippen molar-refractivity contribution in [3.05, 3.63) is 0 Å². The van der Waals surface area contributed by atoms with Gasteiger partial charge in [-0.05, 0) is 54.8 Å². The molecular formula is C28H54O. The molecule has 3 aliphatic carbocycles. The molecule has 0 heterocycles. The lowest BCUT2D eigenvalue weighted by atomic mass is 9.36. The summed E-state index contributed by atoms with van der Waals surface area (Å²) in [4.78, 5) is 0. The number of fused-ring (bicyclic) bond motifs is 2. The SMILES string of the molecule is CC1CCC2CC1(CCCCCCCCCCCCCCCCCCO)C2(C)C. The van der Waals surface area contributed by atoms with Gasteiger partial charge in [-0.15, -0.1) is 0 Å². The van der Waals surface area contributed by atoms with E-state index in [1.807, 2.05) is 0 Å². The molecule has 0 radical (unpaired) electrons. The fourth-order valence-electron chi connectivity index (χ4n) is 6.96. The van der Waals surface area contributed by atoms with Gasteiger partial charge in [-0.25, -0.2) is 0 Å². The zero-order chi connectivity index (χ0) is 21.0. The van der Waals surface area contributed by atoms with E-state index in [9.17, 15) is 0 Å². The van der Waals surface area contributed by atoms with Gasteiger partial charge in [0.1, 0.15) is 0 Å². The van der Waals surface area contributed by atoms with E-state index in [0.29, 0.717) is 17.4 Å². The molecule has 172 valence electrons. The van der Waals surface area contributed by atoms with Crippen LogP contribution in [0.2, 0.25) is 0 Å². The smallest absolute Gasteiger partial charge is 0.0431 e. The largest absolute Gasteiger partial charge is 0.396 e. The molecule has 0 spiro atoms. The van der Waals surface area contributed by atoms with Gasteiger partial charge >= 0.3 is 0 Å². The van der Waals surface area contributed by atoms with Crippen LogP contribution in [0.5, 0.6) is 0 Å². The van der Waals surface area contributed by atoms with E-state index in [1.165, 1.54) is 116 Å². The minimum Gasteiger partial charge on any atom is -0.396 e. The van der Waals surface area contributed by atoms with Crippen molar-refractivity contribution in [3.63, 3.8) is 0 Å². The second-order valence-electron chi connectivity index (χ2n) is 11.4. The van der Waals surface area contributed by atoms with Crippen molar-refractivity contribution in [1.82, 2.24) is 0 Å². The molecule has 0 amide bonds. The van der Waals surface area contributed by atoms with Crippen molar-refractivity contribution in [2.75, 3.05) is 6.61 Å². The predicted molar refractivity (Wildman–Crippen MR) is 128 cm³/mol. The van der Waals surface area contributed by atoms with Gasteiger partial charge < -0.3 is 5.11 Å². The minimum absolute atomic E-state index is 0.374. The molecule has 2 bridgehead atoms. The Morgan fingerprint density at radius 1 is 0.621 bits per heavy atom. The first kappa shape index (κ1) is 25.2. The Bertz CT molecular complexity index is 415. The molecule has 0 aromatic heterocycles. The molecule has 0 saturated heterocycles. The summed E-state index contributed by atoms with van der Waals surface area (Å²) in [6.45, 7) is 8.08. The van der Waals surface area contributed by atoms with Crippen LogP contribution in [-0.2, 0) is 0 Å². The van der Waals surface area contributed by atoms with Crippen LogP contribution in [0.4, 0.5) is 0 Å². The lowest BCUT2D eigenvalue weighted by Gasteiger charge is -2.69. The van der Waals surface area contributed by atoms with Crippen LogP contribution >= 0.6 is 0 Å². The summed E-state index contributed by atoms with van der Waals surface area (Å²) in [5, 5.41) is 8.77. The molecule has 0 aromatic rings. The molecule has 1 nitrogen and oxygen atoms in total. The third kappa shape index (κ3) is 7.26. The second kappa shape index (κ2) is 13.4. The average molecular weight is 407 g/mol. The molecule has 0 aliphatic heterocycles. The van der Waals surface area contributed by atoms with Crippen molar-refractivity contribution in [2.24, 2.45) is 22.7 Å². The Kier molecular flexibility index (Phi) is 11.6. The van der Waals surface area contributed by atoms with Crippen LogP contribution in [0.15, 0.2) is 0 Å². The molecule has 3 unspecified atom stereocenters. The molecule has 3 rings (SSSR count). The Hall–Kier alpha value is -0.0400. The number of aliphatic hydroxyl groups is 1. The van der Waals surface area contributed by atoms with E-state index < -0.39 is 0 Å². The van der Waals surface area contributed by atoms with Crippen LogP contribution in [0.25, 0.3) is 0 Å². The molecule has 3 saturated carbocycles. The molecule has 3 atom stereocenters. The highest BCUT2D eigenvalue weighted by Crippen LogP contribution is 2.71. The van der Waals surface area contributed by atoms with Crippen LogP contribution in [0.3, 0.4) is 0 Å². The van der Waals surface area contributed by atoms with E-state index in [2.05, 4.69) is 20.8 Å². The van der Waals surface area contributed by atoms with Crippen molar-refractivity contribution >= 4 is 0 Å². The van der Waals surface area contributed by atoms with E-state index in [4.69, 9.17) is 5.11 Å². The van der Waals surface area contributed by atoms with Gasteiger partial charge in [0.25, 0.3) is 0 Å². The Morgan fingerprint density at radius 2 is 1.03 bits per heavy atom. The van der Waals surface area contributed by atoms with Gasteiger partial charge in [-0.2, -0.15) is 0 Å². The molecule has 1 heteroatoms. The van der Waals surface area contributed by atoms with E-state index >= 15 is 0 Å². The molecule has 0 aromatic carbocycles. The molecular weight excluding hydrogens is 352 g/mol. The van der Waals surface area contributed by atoms with Gasteiger partial charge in [0.2, 0.25) is 0 Å². The predicted octanol–water partition coefficient (Wildman–Crippen LogP) is 9.07. The first-order valence-corrected chi connectivity index (χ1v) is 13.7. The Balaban J connectivity index is 1.33. The Labute approximate surface area is 183 Å². The maximum Gasteiger partial charge on any atom is 0.0431 e. The maximum absolute atomic E-state index is 8.77. The van der Waals surface area contributed by atoms with E-state index in [1.54, 1.807) is 6.42 Å². The highest BCUT2D eigenvalue weighted by atomic mass is 16.2. The zero-order valence-electron chi connectivity index (χ0n) is 20.5. The molecule has 3 aliphatic rings. The van der Waals surface area contributed by atoms with E-state index in [0.717, 1.165) is 18.3 Å². The van der Waals surface area contributed by atoms with Crippen LogP contribution in [0.1, 0.15) is 149 Å². The highest BCUT2D eigenvalue weighted by Gasteiger charge is 2.63. The fourth-order valence-corrected chi connectivity index (χ4v) is 6.96. The molecule has 29 heavy (non-hydrogen) atoms. The third-order valence-electron chi connectivity index (χ3n) is 9.34. The van der Waals surface area contributed by atoms with Gasteiger partial charge in [-0.3, -0.25) is 0 Å². The Morgan fingerprint density at radius 3 is 1.41 bits per heavy atom. The zero-order valence-corrected chi connectivity index (χ0v) is 20.5. The summed E-state index contributed by atoms with van der Waals surface area (Å²) in [5.41, 5.74) is 1.33. The number of hydrogen-bond donors (Lipinski definition) is 1. The normalized spacial score (nSPS) is 27.7. The second-order valence-corrected chi connectivity index (χ2v) is 11.4. The fraction of sp³-hybridized carbons (Fsp3) is 1.00. The molecule has 3 fully saturated rings. The summed E-state index contributed by atoms with van der Waals surface area (Å²) in [6, 6.07) is 0. The topological polar surface area (TPSA) is 20.2 Å². The number of rotatable bonds is 18. The summed E-state index contributed by atoms with van der Waals surface area (Å²) >= 11 is 0. The quantitative estimate of drug-likeness (QED) is 0.225. The average Bonchev–Trinajstić information content (AvgIpc) is 2.71. The summed E-state index contributed by atoms with van der Waals surface area (Å²) in [6.07, 6.45) is 28.5. The highest BCUT2D eigenvalue weighted by molar-refractivity contribution is 5.12. The van der Waals surface area contributed by atoms with Crippen molar-refractivity contribution < 1.29 is 5.11 Å². The van der Waals surface area contributed by atoms with Crippen molar-refractivity contribution in [3.8, 4) is 0 Å². The van der Waals surface area contributed by atoms with Crippen molar-refractivity contribution in [1.29, 1.82) is 0 Å². The van der Waals surface area contributed by atoms with Gasteiger partial charge in [0.05, 0.1) is 0 Å². The number of aliphatic hydroxyl groups excluding tert-OH is 1. The maximum atomic E-state index is 8.77. The summed E-state index contributed by atoms with van der Waals surface area (Å²) < 4.78 is 0. The number of unbranched alkanes of at least 4 members (excludes halogenated alkanes) is 15. The summed E-state index contributed by atoms with van der Waals surface area (Å²) in [5.74, 6) is 2.00. The number of hydrogen-bond acceptors (Lipinski definition) is 1. The van der Waals surface area contributed by atoms with Gasteiger partial charge in [-0.1, -0.05) is 117 Å². The van der Waals surface area contributed by atoms with Crippen LogP contribution < -0.4 is 0 Å². The summed E-state index contributed by atoms with van der Waals surface area (Å²) in [7, 11) is 0. The van der Waals surface area contributed by atoms with E-state index in [-0.39, 0.29) is 0 Å². The minimum atomic E-state index is 0.374. The molecule has 1 N–H and O–H groups in total. The monoisotopic (exact) mass is 406 g/mol. The van der Waals surface area contributed by atoms with Crippen LogP contribution in [-0.4, -0.2) is 11.7 Å². The first-order chi connectivity index (χ1) is 14.0. The van der Waals surface area contributed by atoms with Crippen molar-refractivity contribution in [2.45, 2.75) is 149 Å². The third-order valence-corrected chi connectivity index (χ3v) is 9.34. The standard InChI is InChI=1S/C28H54O/c1-25-20-21-26-24-28(25,27(26,2)3)22-18-16-14-12-10-8-6-4-5-7-9-11-13-15-17-19-23-29/h25-26,29H,4-24H2,1-3H3. The first-order valence-electron chi connectivity index (χ1n) is 13.7. The van der Waals surface area contributed by atoms with Crippen LogP contribution in [0, 0.1) is 22.7 Å². The van der Waals surface area contributed by atoms with Gasteiger partial charge in [0.15, 0.2) is 0 Å². The lowest BCUT2D eigenvalue weighted by molar-refractivity contribution is -0.199.